The summed E-state index contributed by atoms with van der Waals surface area (Å²) in [5.74, 6) is -0.595. The molecule has 29 heavy (non-hydrogen) atoms. The molecule has 0 saturated heterocycles. The van der Waals surface area contributed by atoms with E-state index in [1.807, 2.05) is 0 Å². The maximum atomic E-state index is 12.9. The minimum absolute atomic E-state index is 0.107. The summed E-state index contributed by atoms with van der Waals surface area (Å²) in [4.78, 5) is 12.4. The third kappa shape index (κ3) is 5.96. The molecular formula is C21H18BrFN2O3S. The molecule has 0 atom stereocenters. The van der Waals surface area contributed by atoms with Crippen LogP contribution in [-0.2, 0) is 23.1 Å². The van der Waals surface area contributed by atoms with Gasteiger partial charge in [-0.05, 0) is 59.7 Å². The number of benzene rings is 3. The molecule has 2 N–H and O–H groups in total. The van der Waals surface area contributed by atoms with Crippen molar-refractivity contribution in [3.05, 3.63) is 99.8 Å². The molecule has 3 aromatic carbocycles. The number of carbonyl (C=O) groups is 1. The van der Waals surface area contributed by atoms with Gasteiger partial charge in [0.15, 0.2) is 0 Å². The molecule has 3 rings (SSSR count). The van der Waals surface area contributed by atoms with Crippen LogP contribution in [0.1, 0.15) is 21.5 Å². The Hall–Kier alpha value is -2.55. The van der Waals surface area contributed by atoms with Gasteiger partial charge in [-0.25, -0.2) is 17.5 Å². The number of amides is 1. The van der Waals surface area contributed by atoms with Crippen molar-refractivity contribution in [3.8, 4) is 0 Å². The first kappa shape index (κ1) is 21.2. The van der Waals surface area contributed by atoms with E-state index in [2.05, 4.69) is 26.0 Å². The molecule has 0 bridgehead atoms. The summed E-state index contributed by atoms with van der Waals surface area (Å²) in [5, 5.41) is 2.76. The zero-order valence-electron chi connectivity index (χ0n) is 15.2. The summed E-state index contributed by atoms with van der Waals surface area (Å²) in [6.45, 7) is 0.393. The lowest BCUT2D eigenvalue weighted by atomic mass is 10.1. The van der Waals surface area contributed by atoms with E-state index in [1.165, 1.54) is 24.3 Å². The van der Waals surface area contributed by atoms with Gasteiger partial charge in [0.1, 0.15) is 5.82 Å². The minimum Gasteiger partial charge on any atom is -0.348 e. The van der Waals surface area contributed by atoms with E-state index in [0.29, 0.717) is 5.56 Å². The van der Waals surface area contributed by atoms with Crippen LogP contribution in [0.4, 0.5) is 4.39 Å². The van der Waals surface area contributed by atoms with Gasteiger partial charge in [0.2, 0.25) is 10.0 Å². The Balaban J connectivity index is 1.56. The summed E-state index contributed by atoms with van der Waals surface area (Å²) >= 11 is 3.27. The van der Waals surface area contributed by atoms with Crippen molar-refractivity contribution in [2.45, 2.75) is 18.0 Å². The number of rotatable bonds is 7. The average Bonchev–Trinajstić information content (AvgIpc) is 2.72. The lowest BCUT2D eigenvalue weighted by Gasteiger charge is -2.09. The molecule has 1 amide bonds. The van der Waals surface area contributed by atoms with E-state index in [9.17, 15) is 17.6 Å². The second-order valence-corrected chi connectivity index (χ2v) is 8.97. The first-order valence-corrected chi connectivity index (χ1v) is 11.0. The largest absolute Gasteiger partial charge is 0.348 e. The Morgan fingerprint density at radius 3 is 2.00 bits per heavy atom. The van der Waals surface area contributed by atoms with Crippen LogP contribution in [-0.4, -0.2) is 14.3 Å². The fourth-order valence-corrected chi connectivity index (χ4v) is 3.82. The van der Waals surface area contributed by atoms with Crippen LogP contribution in [0.25, 0.3) is 0 Å². The lowest BCUT2D eigenvalue weighted by molar-refractivity contribution is 0.0951. The predicted molar refractivity (Wildman–Crippen MR) is 112 cm³/mol. The van der Waals surface area contributed by atoms with Gasteiger partial charge in [-0.1, -0.05) is 40.2 Å². The van der Waals surface area contributed by atoms with Crippen molar-refractivity contribution in [2.24, 2.45) is 0 Å². The van der Waals surface area contributed by atoms with Gasteiger partial charge in [-0.3, -0.25) is 4.79 Å². The van der Waals surface area contributed by atoms with E-state index < -0.39 is 10.0 Å². The number of carbonyl (C=O) groups excluding carboxylic acids is 1. The highest BCUT2D eigenvalue weighted by Crippen LogP contribution is 2.15. The van der Waals surface area contributed by atoms with E-state index in [-0.39, 0.29) is 29.7 Å². The summed E-state index contributed by atoms with van der Waals surface area (Å²) in [6, 6.07) is 18.9. The van der Waals surface area contributed by atoms with Gasteiger partial charge in [0, 0.05) is 23.1 Å². The molecule has 0 radical (unpaired) electrons. The quantitative estimate of drug-likeness (QED) is 0.541. The first-order valence-electron chi connectivity index (χ1n) is 8.70. The molecule has 0 aliphatic carbocycles. The van der Waals surface area contributed by atoms with Crippen LogP contribution in [0.2, 0.25) is 0 Å². The molecule has 0 fully saturated rings. The highest BCUT2D eigenvalue weighted by molar-refractivity contribution is 9.10. The molecule has 150 valence electrons. The normalized spacial score (nSPS) is 11.2. The van der Waals surface area contributed by atoms with Crippen LogP contribution < -0.4 is 10.0 Å². The van der Waals surface area contributed by atoms with Crippen LogP contribution in [0.15, 0.2) is 82.2 Å². The molecule has 5 nitrogen and oxygen atoms in total. The van der Waals surface area contributed by atoms with Crippen molar-refractivity contribution in [2.75, 3.05) is 0 Å². The average molecular weight is 477 g/mol. The zero-order valence-corrected chi connectivity index (χ0v) is 17.6. The van der Waals surface area contributed by atoms with Gasteiger partial charge in [-0.15, -0.1) is 0 Å². The van der Waals surface area contributed by atoms with E-state index >= 15 is 0 Å². The third-order valence-corrected chi connectivity index (χ3v) is 6.12. The van der Waals surface area contributed by atoms with E-state index in [0.717, 1.165) is 15.6 Å². The number of hydrogen-bond acceptors (Lipinski definition) is 3. The number of halogens is 2. The Bertz CT molecular complexity index is 1080. The molecular weight excluding hydrogens is 459 g/mol. The first-order chi connectivity index (χ1) is 13.8. The molecule has 3 aromatic rings. The fraction of sp³-hybridized carbons (Fsp3) is 0.0952. The van der Waals surface area contributed by atoms with E-state index in [1.54, 1.807) is 48.5 Å². The van der Waals surface area contributed by atoms with Crippen molar-refractivity contribution in [3.63, 3.8) is 0 Å². The Labute approximate surface area is 177 Å². The molecule has 0 unspecified atom stereocenters. The van der Waals surface area contributed by atoms with Crippen LogP contribution >= 0.6 is 15.9 Å². The molecule has 0 saturated carbocycles. The predicted octanol–water partition coefficient (Wildman–Crippen LogP) is 4.00. The monoisotopic (exact) mass is 476 g/mol. The Kier molecular flexibility index (Phi) is 6.79. The second-order valence-electron chi connectivity index (χ2n) is 6.28. The SMILES string of the molecule is O=C(NCc1ccc(F)cc1)c1ccc(CNS(=O)(=O)c2ccc(Br)cc2)cc1. The maximum Gasteiger partial charge on any atom is 0.251 e. The highest BCUT2D eigenvalue weighted by Gasteiger charge is 2.13. The molecule has 0 heterocycles. The fourth-order valence-electron chi connectivity index (χ4n) is 2.54. The summed E-state index contributed by atoms with van der Waals surface area (Å²) in [7, 11) is -3.62. The van der Waals surface area contributed by atoms with Gasteiger partial charge >= 0.3 is 0 Å². The van der Waals surface area contributed by atoms with Crippen LogP contribution in [0.3, 0.4) is 0 Å². The Morgan fingerprint density at radius 1 is 0.828 bits per heavy atom. The Morgan fingerprint density at radius 2 is 1.38 bits per heavy atom. The van der Waals surface area contributed by atoms with Crippen molar-refractivity contribution < 1.29 is 17.6 Å². The van der Waals surface area contributed by atoms with Gasteiger partial charge in [0.05, 0.1) is 4.90 Å². The third-order valence-electron chi connectivity index (χ3n) is 4.17. The summed E-state index contributed by atoms with van der Waals surface area (Å²) in [6.07, 6.45) is 0. The topological polar surface area (TPSA) is 75.3 Å². The van der Waals surface area contributed by atoms with Crippen LogP contribution in [0.5, 0.6) is 0 Å². The van der Waals surface area contributed by atoms with Crippen molar-refractivity contribution in [1.82, 2.24) is 10.0 Å². The molecule has 0 aromatic heterocycles. The van der Waals surface area contributed by atoms with E-state index in [4.69, 9.17) is 0 Å². The standard InChI is InChI=1S/C21H18BrFN2O3S/c22-18-7-11-20(12-8-18)29(27,28)25-14-16-1-5-17(6-2-16)21(26)24-13-15-3-9-19(23)10-4-15/h1-12,25H,13-14H2,(H,24,26). The van der Waals surface area contributed by atoms with Crippen molar-refractivity contribution >= 4 is 31.9 Å². The second kappa shape index (κ2) is 9.30. The number of nitrogens with one attached hydrogen (secondary N) is 2. The molecule has 0 aliphatic rings. The van der Waals surface area contributed by atoms with Gasteiger partial charge < -0.3 is 5.32 Å². The number of hydrogen-bond donors (Lipinski definition) is 2. The number of sulfonamides is 1. The van der Waals surface area contributed by atoms with Gasteiger partial charge in [0.25, 0.3) is 5.91 Å². The lowest BCUT2D eigenvalue weighted by Crippen LogP contribution is -2.24. The molecule has 0 spiro atoms. The maximum absolute atomic E-state index is 12.9. The van der Waals surface area contributed by atoms with Gasteiger partial charge in [-0.2, -0.15) is 0 Å². The summed E-state index contributed by atoms with van der Waals surface area (Å²) in [5.41, 5.74) is 1.96. The minimum atomic E-state index is -3.62. The van der Waals surface area contributed by atoms with Crippen molar-refractivity contribution in [1.29, 1.82) is 0 Å². The summed E-state index contributed by atoms with van der Waals surface area (Å²) < 4.78 is 40.9. The molecule has 8 heteroatoms. The zero-order chi connectivity index (χ0) is 20.9. The highest BCUT2D eigenvalue weighted by atomic mass is 79.9. The van der Waals surface area contributed by atoms with Crippen LogP contribution in [0, 0.1) is 5.82 Å². The molecule has 0 aliphatic heterocycles. The smallest absolute Gasteiger partial charge is 0.251 e.